The minimum Gasteiger partial charge on any atom is -0.456 e. The van der Waals surface area contributed by atoms with E-state index in [1.807, 2.05) is 60.7 Å². The average Bonchev–Trinajstić information content (AvgIpc) is 4.03. The lowest BCUT2D eigenvalue weighted by Gasteiger charge is -2.16. The van der Waals surface area contributed by atoms with Gasteiger partial charge < -0.3 is 13.6 Å². The lowest BCUT2D eigenvalue weighted by Crippen LogP contribution is -1.99. The molecule has 0 aliphatic rings. The number of furan rings is 1. The first kappa shape index (κ1) is 32.1. The molecule has 0 bridgehead atoms. The van der Waals surface area contributed by atoms with E-state index >= 15 is 0 Å². The van der Waals surface area contributed by atoms with Gasteiger partial charge in [-0.3, -0.25) is 0 Å². The van der Waals surface area contributed by atoms with Crippen LogP contribution in [0.25, 0.3) is 113 Å². The van der Waals surface area contributed by atoms with Gasteiger partial charge in [-0.1, -0.05) is 78.9 Å². The van der Waals surface area contributed by atoms with Crippen molar-refractivity contribution >= 4 is 103 Å². The summed E-state index contributed by atoms with van der Waals surface area (Å²) in [6.07, 6.45) is 0. The van der Waals surface area contributed by atoms with Crippen LogP contribution in [0.15, 0.2) is 156 Å². The summed E-state index contributed by atoms with van der Waals surface area (Å²) in [6, 6.07) is 55.9. The maximum absolute atomic E-state index is 10.6. The molecule has 0 amide bonds. The van der Waals surface area contributed by atoms with Crippen LogP contribution in [-0.4, -0.2) is 9.13 Å². The van der Waals surface area contributed by atoms with Crippen molar-refractivity contribution in [2.45, 2.75) is 0 Å². The number of nitriles is 2. The maximum Gasteiger partial charge on any atom is 0.211 e. The fourth-order valence-corrected chi connectivity index (χ4v) is 10.4. The van der Waals surface area contributed by atoms with Crippen LogP contribution in [0.3, 0.4) is 0 Å². The maximum atomic E-state index is 10.6. The highest BCUT2D eigenvalue weighted by Crippen LogP contribution is 2.46. The molecule has 12 rings (SSSR count). The number of fused-ring (bicyclic) bond motifs is 14. The zero-order valence-corrected chi connectivity index (χ0v) is 31.3. The number of hydrogen-bond donors (Lipinski definition) is 0. The van der Waals surface area contributed by atoms with Crippen molar-refractivity contribution in [1.82, 2.24) is 9.13 Å². The number of hydrogen-bond acceptors (Lipinski definition) is 4. The van der Waals surface area contributed by atoms with E-state index in [1.54, 1.807) is 17.4 Å². The van der Waals surface area contributed by atoms with Crippen LogP contribution in [0.5, 0.6) is 0 Å². The van der Waals surface area contributed by atoms with Gasteiger partial charge in [0.25, 0.3) is 0 Å². The Morgan fingerprint density at radius 2 is 1.24 bits per heavy atom. The van der Waals surface area contributed by atoms with E-state index in [-0.39, 0.29) is 0 Å². The van der Waals surface area contributed by atoms with E-state index in [1.165, 1.54) is 20.2 Å². The molecule has 58 heavy (non-hydrogen) atoms. The Labute approximate surface area is 334 Å². The second-order valence-corrected chi connectivity index (χ2v) is 15.6. The quantitative estimate of drug-likeness (QED) is 0.169. The van der Waals surface area contributed by atoms with Crippen LogP contribution >= 0.6 is 11.3 Å². The van der Waals surface area contributed by atoms with Gasteiger partial charge in [0.1, 0.15) is 11.2 Å². The Kier molecular flexibility index (Phi) is 6.61. The molecule has 0 saturated carbocycles. The molecule has 6 nitrogen and oxygen atoms in total. The Bertz CT molecular complexity index is 3910. The summed E-state index contributed by atoms with van der Waals surface area (Å²) in [6.45, 7) is 8.35. The summed E-state index contributed by atoms with van der Waals surface area (Å²) >= 11 is 1.78. The number of benzene rings is 8. The molecule has 0 unspecified atom stereocenters. The van der Waals surface area contributed by atoms with Gasteiger partial charge in [0, 0.05) is 63.7 Å². The molecule has 7 heteroatoms. The summed E-state index contributed by atoms with van der Waals surface area (Å²) in [5, 5.41) is 30.0. The number of thiophene rings is 1. The van der Waals surface area contributed by atoms with E-state index in [2.05, 4.69) is 111 Å². The highest BCUT2D eigenvalue weighted by Gasteiger charge is 2.23. The van der Waals surface area contributed by atoms with Gasteiger partial charge in [0.2, 0.25) is 5.69 Å². The fraction of sp³-hybridized carbons (Fsp3) is 0. The SMILES string of the molecule is [C-]#[N+]c1cc(C#N)c(-c2cc(C#N)cc(-n3c4ccccc4c4c5c(ccc43)oc3ccccc35)c2)cc1-n1c2ccccc2c2c3sc4ccccc4c3ccc21. The number of aromatic nitrogens is 2. The molecule has 4 heterocycles. The Morgan fingerprint density at radius 3 is 2.03 bits per heavy atom. The standard InChI is InChI=1S/C51H25N5OS/c1-54-39-25-31(28-53)38(26-44(39)56-41-15-7-3-12-36(41)49-43(56)19-18-34-33-10-5-9-17-47(33)58-51(34)49)30-22-29(27-52)23-32(24-30)55-40-14-6-2-11-35(40)48-42(55)20-21-46-50(48)37-13-4-8-16-45(37)57-46/h2-26H. The minimum absolute atomic E-state index is 0.359. The van der Waals surface area contributed by atoms with Gasteiger partial charge in [0.05, 0.1) is 52.0 Å². The molecule has 0 radical (unpaired) electrons. The van der Waals surface area contributed by atoms with Gasteiger partial charge in [-0.15, -0.1) is 11.3 Å². The third-order valence-electron chi connectivity index (χ3n) is 11.6. The molecule has 8 aromatic carbocycles. The topological polar surface area (TPSA) is 74.9 Å². The van der Waals surface area contributed by atoms with Crippen LogP contribution < -0.4 is 0 Å². The molecule has 0 N–H and O–H groups in total. The minimum atomic E-state index is 0.359. The van der Waals surface area contributed by atoms with Crippen LogP contribution in [0.4, 0.5) is 5.69 Å². The molecule has 4 aromatic heterocycles. The van der Waals surface area contributed by atoms with Gasteiger partial charge in [-0.2, -0.15) is 10.5 Å². The molecule has 0 aliphatic carbocycles. The fourth-order valence-electron chi connectivity index (χ4n) is 9.18. The highest BCUT2D eigenvalue weighted by atomic mass is 32.1. The van der Waals surface area contributed by atoms with Crippen molar-refractivity contribution in [2.75, 3.05) is 0 Å². The van der Waals surface area contributed by atoms with Crippen LogP contribution in [0.2, 0.25) is 0 Å². The molecular formula is C51H25N5OS. The monoisotopic (exact) mass is 755 g/mol. The number of rotatable bonds is 3. The van der Waals surface area contributed by atoms with E-state index in [0.717, 1.165) is 71.2 Å². The predicted octanol–water partition coefficient (Wildman–Crippen LogP) is 14.1. The Morgan fingerprint density at radius 1 is 0.552 bits per heavy atom. The third-order valence-corrected chi connectivity index (χ3v) is 12.8. The van der Waals surface area contributed by atoms with Gasteiger partial charge in [-0.05, 0) is 83.9 Å². The first-order chi connectivity index (χ1) is 28.6. The van der Waals surface area contributed by atoms with E-state index < -0.39 is 0 Å². The molecular weight excluding hydrogens is 731 g/mol. The van der Waals surface area contributed by atoms with Gasteiger partial charge >= 0.3 is 0 Å². The molecule has 266 valence electrons. The number of para-hydroxylation sites is 3. The largest absolute Gasteiger partial charge is 0.456 e. The molecule has 12 aromatic rings. The molecule has 0 aliphatic heterocycles. The first-order valence-corrected chi connectivity index (χ1v) is 19.6. The van der Waals surface area contributed by atoms with Crippen LogP contribution in [-0.2, 0) is 0 Å². The second-order valence-electron chi connectivity index (χ2n) is 14.6. The van der Waals surface area contributed by atoms with Gasteiger partial charge in [0.15, 0.2) is 0 Å². The van der Waals surface area contributed by atoms with Gasteiger partial charge in [-0.25, -0.2) is 4.85 Å². The van der Waals surface area contributed by atoms with Crippen LogP contribution in [0, 0.1) is 29.2 Å². The zero-order chi connectivity index (χ0) is 38.6. The summed E-state index contributed by atoms with van der Waals surface area (Å²) in [4.78, 5) is 4.00. The van der Waals surface area contributed by atoms with Crippen molar-refractivity contribution in [3.8, 4) is 34.6 Å². The van der Waals surface area contributed by atoms with E-state index in [4.69, 9.17) is 11.0 Å². The van der Waals surface area contributed by atoms with Crippen molar-refractivity contribution in [3.63, 3.8) is 0 Å². The van der Waals surface area contributed by atoms with Crippen molar-refractivity contribution in [1.29, 1.82) is 10.5 Å². The highest BCUT2D eigenvalue weighted by molar-refractivity contribution is 7.26. The third kappa shape index (κ3) is 4.32. The van der Waals surface area contributed by atoms with Crippen molar-refractivity contribution in [3.05, 3.63) is 174 Å². The molecule has 0 atom stereocenters. The Hall–Kier alpha value is -8.15. The van der Waals surface area contributed by atoms with Crippen molar-refractivity contribution < 1.29 is 4.42 Å². The average molecular weight is 756 g/mol. The van der Waals surface area contributed by atoms with Crippen LogP contribution in [0.1, 0.15) is 11.1 Å². The van der Waals surface area contributed by atoms with E-state index in [0.29, 0.717) is 33.6 Å². The summed E-state index contributed by atoms with van der Waals surface area (Å²) in [5.41, 5.74) is 9.54. The second kappa shape index (κ2) is 11.9. The zero-order valence-electron chi connectivity index (χ0n) is 30.5. The first-order valence-electron chi connectivity index (χ1n) is 18.8. The summed E-state index contributed by atoms with van der Waals surface area (Å²) in [5.74, 6) is 0. The smallest absolute Gasteiger partial charge is 0.211 e. The normalized spacial score (nSPS) is 11.7. The Balaban J connectivity index is 1.14. The summed E-state index contributed by atoms with van der Waals surface area (Å²) in [7, 11) is 0. The van der Waals surface area contributed by atoms with Crippen molar-refractivity contribution in [2.24, 2.45) is 0 Å². The molecule has 0 spiro atoms. The predicted molar refractivity (Wildman–Crippen MR) is 236 cm³/mol. The molecule has 0 saturated heterocycles. The lowest BCUT2D eigenvalue weighted by atomic mass is 9.96. The summed E-state index contributed by atoms with van der Waals surface area (Å²) < 4.78 is 13.1. The molecule has 0 fully saturated rings. The lowest BCUT2D eigenvalue weighted by molar-refractivity contribution is 0.669. The van der Waals surface area contributed by atoms with E-state index in [9.17, 15) is 10.5 Å². The number of nitrogens with zero attached hydrogens (tertiary/aromatic N) is 5.